The third-order valence-electron chi connectivity index (χ3n) is 4.32. The smallest absolute Gasteiger partial charge is 0.258 e. The average molecular weight is 381 g/mol. The molecule has 130 valence electrons. The minimum atomic E-state index is 0.0418. The fourth-order valence-corrected chi connectivity index (χ4v) is 3.95. The molecule has 0 fully saturated rings. The van der Waals surface area contributed by atoms with Crippen LogP contribution in [0.1, 0.15) is 15.9 Å². The first kappa shape index (κ1) is 17.0. The molecule has 0 radical (unpaired) electrons. The van der Waals surface area contributed by atoms with Gasteiger partial charge in [0.1, 0.15) is 0 Å². The number of halogens is 1. The molecule has 1 amide bonds. The Morgan fingerprint density at radius 1 is 1.00 bits per heavy atom. The second-order valence-corrected chi connectivity index (χ2v) is 7.39. The van der Waals surface area contributed by atoms with Gasteiger partial charge < -0.3 is 9.62 Å². The van der Waals surface area contributed by atoms with Crippen molar-refractivity contribution in [3.05, 3.63) is 88.9 Å². The molecule has 1 heterocycles. The van der Waals surface area contributed by atoms with Crippen LogP contribution in [0.15, 0.2) is 77.7 Å². The van der Waals surface area contributed by atoms with Gasteiger partial charge in [-0.25, -0.2) is 0 Å². The normalized spacial score (nSPS) is 12.7. The summed E-state index contributed by atoms with van der Waals surface area (Å²) in [4.78, 5) is 15.8. The summed E-state index contributed by atoms with van der Waals surface area (Å²) in [6.07, 6.45) is 0.909. The number of carbonyl (C=O) groups is 1. The van der Waals surface area contributed by atoms with Crippen LogP contribution >= 0.6 is 23.5 Å². The molecule has 4 rings (SSSR count). The highest BCUT2D eigenvalue weighted by Gasteiger charge is 2.25. The molecular weight excluding hydrogens is 364 g/mol. The zero-order valence-corrected chi connectivity index (χ0v) is 15.6. The molecule has 1 aliphatic heterocycles. The molecular formula is C21H17ClN2OS. The van der Waals surface area contributed by atoms with Crippen molar-refractivity contribution in [1.82, 2.24) is 0 Å². The summed E-state index contributed by atoms with van der Waals surface area (Å²) in [5.74, 6) is 0.0418. The Labute approximate surface area is 162 Å². The Morgan fingerprint density at radius 2 is 1.85 bits per heavy atom. The molecule has 0 bridgehead atoms. The molecule has 0 saturated heterocycles. The van der Waals surface area contributed by atoms with E-state index in [0.29, 0.717) is 10.6 Å². The molecule has 0 saturated carbocycles. The second kappa shape index (κ2) is 7.44. The molecule has 3 nitrogen and oxygen atoms in total. The van der Waals surface area contributed by atoms with E-state index in [1.807, 2.05) is 71.6 Å². The van der Waals surface area contributed by atoms with E-state index in [4.69, 9.17) is 11.6 Å². The number of rotatable bonds is 4. The first-order valence-corrected chi connectivity index (χ1v) is 9.58. The number of amides is 1. The van der Waals surface area contributed by atoms with Gasteiger partial charge in [0, 0.05) is 33.4 Å². The van der Waals surface area contributed by atoms with Gasteiger partial charge in [-0.05, 0) is 66.4 Å². The number of hydrogen-bond donors (Lipinski definition) is 1. The fraction of sp³-hybridized carbons (Fsp3) is 0.0952. The van der Waals surface area contributed by atoms with Gasteiger partial charge in [-0.2, -0.15) is 0 Å². The van der Waals surface area contributed by atoms with E-state index in [1.165, 1.54) is 17.5 Å². The lowest BCUT2D eigenvalue weighted by Gasteiger charge is -2.17. The van der Waals surface area contributed by atoms with Gasteiger partial charge in [-0.15, -0.1) is 0 Å². The summed E-state index contributed by atoms with van der Waals surface area (Å²) in [5, 5.41) is 0.687. The van der Waals surface area contributed by atoms with Crippen molar-refractivity contribution in [2.45, 2.75) is 11.3 Å². The Hall–Kier alpha value is -2.43. The topological polar surface area (TPSA) is 32.3 Å². The maximum atomic E-state index is 13.0. The molecule has 0 spiro atoms. The van der Waals surface area contributed by atoms with E-state index < -0.39 is 0 Å². The minimum Gasteiger partial charge on any atom is -0.326 e. The van der Waals surface area contributed by atoms with Crippen molar-refractivity contribution in [1.29, 1.82) is 0 Å². The maximum absolute atomic E-state index is 13.0. The molecule has 0 aliphatic carbocycles. The van der Waals surface area contributed by atoms with Crippen LogP contribution in [-0.4, -0.2) is 12.5 Å². The van der Waals surface area contributed by atoms with Gasteiger partial charge in [-0.3, -0.25) is 4.79 Å². The molecule has 3 aromatic carbocycles. The summed E-state index contributed by atoms with van der Waals surface area (Å²) in [7, 11) is 0. The number of nitrogens with zero attached hydrogens (tertiary/aromatic N) is 1. The van der Waals surface area contributed by atoms with E-state index in [-0.39, 0.29) is 5.91 Å². The number of para-hydroxylation sites is 1. The number of hydrogen-bond acceptors (Lipinski definition) is 3. The highest BCUT2D eigenvalue weighted by Crippen LogP contribution is 2.30. The summed E-state index contributed by atoms with van der Waals surface area (Å²) in [6.45, 7) is 0.732. The largest absolute Gasteiger partial charge is 0.326 e. The lowest BCUT2D eigenvalue weighted by molar-refractivity contribution is 0.0989. The Bertz CT molecular complexity index is 960. The fourth-order valence-electron chi connectivity index (χ4n) is 3.07. The number of anilines is 2. The van der Waals surface area contributed by atoms with Crippen molar-refractivity contribution in [3.8, 4) is 0 Å². The zero-order valence-electron chi connectivity index (χ0n) is 14.0. The van der Waals surface area contributed by atoms with Crippen LogP contribution in [0.5, 0.6) is 0 Å². The van der Waals surface area contributed by atoms with Crippen LogP contribution in [-0.2, 0) is 6.42 Å². The predicted octanol–water partition coefficient (Wildman–Crippen LogP) is 5.66. The molecule has 0 aromatic heterocycles. The van der Waals surface area contributed by atoms with Gasteiger partial charge in [0.2, 0.25) is 0 Å². The van der Waals surface area contributed by atoms with Crippen molar-refractivity contribution < 1.29 is 4.79 Å². The van der Waals surface area contributed by atoms with Crippen molar-refractivity contribution in [2.75, 3.05) is 16.2 Å². The number of carbonyl (C=O) groups excluding carboxylic acids is 1. The van der Waals surface area contributed by atoms with E-state index in [0.717, 1.165) is 29.2 Å². The highest BCUT2D eigenvalue weighted by atomic mass is 35.5. The van der Waals surface area contributed by atoms with Gasteiger partial charge in [0.25, 0.3) is 5.91 Å². The lowest BCUT2D eigenvalue weighted by atomic mass is 10.1. The quantitative estimate of drug-likeness (QED) is 0.592. The molecule has 26 heavy (non-hydrogen) atoms. The highest BCUT2D eigenvalue weighted by molar-refractivity contribution is 8.00. The molecule has 1 N–H and O–H groups in total. The SMILES string of the molecule is O=C(c1cccc(SNc2cccc(Cl)c2)c1)N1CCc2ccccc21. The lowest BCUT2D eigenvalue weighted by Crippen LogP contribution is -2.28. The van der Waals surface area contributed by atoms with Crippen molar-refractivity contribution in [3.63, 3.8) is 0 Å². The molecule has 5 heteroatoms. The van der Waals surface area contributed by atoms with Gasteiger partial charge in [0.05, 0.1) is 0 Å². The average Bonchev–Trinajstić information content (AvgIpc) is 3.10. The molecule has 0 atom stereocenters. The van der Waals surface area contributed by atoms with Gasteiger partial charge >= 0.3 is 0 Å². The summed E-state index contributed by atoms with van der Waals surface area (Å²) >= 11 is 7.47. The van der Waals surface area contributed by atoms with Crippen LogP contribution in [0.3, 0.4) is 0 Å². The molecule has 3 aromatic rings. The summed E-state index contributed by atoms with van der Waals surface area (Å²) in [5.41, 5.74) is 3.87. The summed E-state index contributed by atoms with van der Waals surface area (Å²) < 4.78 is 3.26. The van der Waals surface area contributed by atoms with Gasteiger partial charge in [0.15, 0.2) is 0 Å². The third kappa shape index (κ3) is 3.57. The second-order valence-electron chi connectivity index (χ2n) is 6.08. The van der Waals surface area contributed by atoms with Crippen LogP contribution in [0.25, 0.3) is 0 Å². The van der Waals surface area contributed by atoms with Crippen molar-refractivity contribution >= 4 is 40.8 Å². The first-order chi connectivity index (χ1) is 12.7. The Kier molecular flexibility index (Phi) is 4.87. The van der Waals surface area contributed by atoms with Crippen LogP contribution in [0.4, 0.5) is 11.4 Å². The first-order valence-electron chi connectivity index (χ1n) is 8.39. The van der Waals surface area contributed by atoms with E-state index in [9.17, 15) is 4.79 Å². The van der Waals surface area contributed by atoms with E-state index in [2.05, 4.69) is 10.8 Å². The summed E-state index contributed by atoms with van der Waals surface area (Å²) in [6, 6.07) is 23.3. The zero-order chi connectivity index (χ0) is 17.9. The minimum absolute atomic E-state index is 0.0418. The van der Waals surface area contributed by atoms with E-state index >= 15 is 0 Å². The van der Waals surface area contributed by atoms with Crippen molar-refractivity contribution in [2.24, 2.45) is 0 Å². The predicted molar refractivity (Wildman–Crippen MR) is 109 cm³/mol. The molecule has 0 unspecified atom stereocenters. The third-order valence-corrected chi connectivity index (χ3v) is 5.39. The maximum Gasteiger partial charge on any atom is 0.258 e. The van der Waals surface area contributed by atoms with Gasteiger partial charge in [-0.1, -0.05) is 41.9 Å². The number of benzene rings is 3. The Morgan fingerprint density at radius 3 is 2.73 bits per heavy atom. The van der Waals surface area contributed by atoms with Crippen LogP contribution in [0, 0.1) is 0 Å². The standard InChI is InChI=1S/C21H17ClN2OS/c22-17-7-4-8-18(14-17)23-26-19-9-3-6-16(13-19)21(25)24-12-11-15-5-1-2-10-20(15)24/h1-10,13-14,23H,11-12H2. The Balaban J connectivity index is 1.50. The van der Waals surface area contributed by atoms with E-state index in [1.54, 1.807) is 0 Å². The molecule has 1 aliphatic rings. The van der Waals surface area contributed by atoms with Crippen LogP contribution < -0.4 is 9.62 Å². The number of nitrogens with one attached hydrogen (secondary N) is 1. The monoisotopic (exact) mass is 380 g/mol. The van der Waals surface area contributed by atoms with Crippen LogP contribution in [0.2, 0.25) is 5.02 Å². The number of fused-ring (bicyclic) bond motifs is 1.